The molecule has 9 heteroatoms. The van der Waals surface area contributed by atoms with E-state index in [1.54, 1.807) is 17.4 Å². The molecule has 2 amide bonds. The fraction of sp³-hybridized carbons (Fsp3) is 0.706. The summed E-state index contributed by atoms with van der Waals surface area (Å²) in [5, 5.41) is 2.21. The van der Waals surface area contributed by atoms with Gasteiger partial charge in [0.2, 0.25) is 5.91 Å². The smallest absolute Gasteiger partial charge is 0.342 e. The van der Waals surface area contributed by atoms with Crippen LogP contribution in [0.1, 0.15) is 43.2 Å². The van der Waals surface area contributed by atoms with Gasteiger partial charge in [0.05, 0.1) is 6.33 Å². The van der Waals surface area contributed by atoms with Crippen molar-refractivity contribution in [2.24, 2.45) is 17.8 Å². The standard InChI is InChI=1S/C17H21F3N4O2/c1-9(2)24-7-12(21-8-24)15(26)23-5-10-11(6-23)13(10)14(25)22-16(3-4-16)17(18,19)20/h7-11,13H,3-6H2,1-2H3,(H,22,25). The van der Waals surface area contributed by atoms with Gasteiger partial charge in [0.25, 0.3) is 5.91 Å². The number of nitrogens with one attached hydrogen (secondary N) is 1. The Balaban J connectivity index is 1.33. The van der Waals surface area contributed by atoms with E-state index in [2.05, 4.69) is 10.3 Å². The first-order valence-corrected chi connectivity index (χ1v) is 8.84. The zero-order valence-corrected chi connectivity index (χ0v) is 14.6. The number of likely N-dealkylation sites (tertiary alicyclic amines) is 1. The van der Waals surface area contributed by atoms with Gasteiger partial charge in [-0.2, -0.15) is 13.2 Å². The van der Waals surface area contributed by atoms with Crippen LogP contribution in [0.4, 0.5) is 13.2 Å². The first-order chi connectivity index (χ1) is 12.1. The first kappa shape index (κ1) is 17.4. The van der Waals surface area contributed by atoms with Gasteiger partial charge in [0.1, 0.15) is 11.2 Å². The molecule has 2 heterocycles. The lowest BCUT2D eigenvalue weighted by molar-refractivity contribution is -0.171. The van der Waals surface area contributed by atoms with Crippen molar-refractivity contribution >= 4 is 11.8 Å². The molecule has 3 fully saturated rings. The van der Waals surface area contributed by atoms with Crippen molar-refractivity contribution in [1.82, 2.24) is 19.8 Å². The molecule has 0 radical (unpaired) electrons. The second-order valence-corrected chi connectivity index (χ2v) is 7.93. The summed E-state index contributed by atoms with van der Waals surface area (Å²) in [4.78, 5) is 30.5. The van der Waals surface area contributed by atoms with Gasteiger partial charge in [0.15, 0.2) is 0 Å². The number of carbonyl (C=O) groups is 2. The summed E-state index contributed by atoms with van der Waals surface area (Å²) in [6.45, 7) is 4.76. The van der Waals surface area contributed by atoms with E-state index in [0.717, 1.165) is 0 Å². The van der Waals surface area contributed by atoms with Gasteiger partial charge >= 0.3 is 6.18 Å². The number of alkyl halides is 3. The lowest BCUT2D eigenvalue weighted by atomic mass is 10.2. The van der Waals surface area contributed by atoms with Crippen molar-refractivity contribution in [2.45, 2.75) is 44.4 Å². The molecule has 142 valence electrons. The molecule has 6 nitrogen and oxygen atoms in total. The van der Waals surface area contributed by atoms with Gasteiger partial charge in [-0.05, 0) is 38.5 Å². The van der Waals surface area contributed by atoms with Crippen molar-refractivity contribution < 1.29 is 22.8 Å². The van der Waals surface area contributed by atoms with Gasteiger partial charge in [-0.15, -0.1) is 0 Å². The van der Waals surface area contributed by atoms with Crippen LogP contribution in [0.5, 0.6) is 0 Å². The molecule has 2 unspecified atom stereocenters. The zero-order valence-electron chi connectivity index (χ0n) is 14.6. The summed E-state index contributed by atoms with van der Waals surface area (Å²) in [6.07, 6.45) is -1.19. The number of piperidine rings is 1. The van der Waals surface area contributed by atoms with Gasteiger partial charge in [0, 0.05) is 31.2 Å². The van der Waals surface area contributed by atoms with Crippen molar-refractivity contribution in [3.63, 3.8) is 0 Å². The quantitative estimate of drug-likeness (QED) is 0.882. The molecule has 2 saturated carbocycles. The number of halogens is 3. The Morgan fingerprint density at radius 3 is 2.35 bits per heavy atom. The fourth-order valence-electron chi connectivity index (χ4n) is 3.90. The predicted octanol–water partition coefficient (Wildman–Crippen LogP) is 1.99. The molecule has 2 aliphatic carbocycles. The summed E-state index contributed by atoms with van der Waals surface area (Å²) >= 11 is 0. The van der Waals surface area contributed by atoms with Crippen LogP contribution in [-0.2, 0) is 4.79 Å². The minimum atomic E-state index is -4.40. The van der Waals surface area contributed by atoms with Crippen LogP contribution < -0.4 is 5.32 Å². The number of aromatic nitrogens is 2. The Labute approximate surface area is 148 Å². The summed E-state index contributed by atoms with van der Waals surface area (Å²) in [7, 11) is 0. The van der Waals surface area contributed by atoms with Gasteiger partial charge < -0.3 is 14.8 Å². The molecule has 1 N–H and O–H groups in total. The Morgan fingerprint density at radius 2 is 1.88 bits per heavy atom. The molecule has 0 bridgehead atoms. The monoisotopic (exact) mass is 370 g/mol. The van der Waals surface area contributed by atoms with Gasteiger partial charge in [-0.1, -0.05) is 0 Å². The van der Waals surface area contributed by atoms with Crippen molar-refractivity contribution in [3.8, 4) is 0 Å². The maximum atomic E-state index is 13.0. The van der Waals surface area contributed by atoms with E-state index in [0.29, 0.717) is 18.8 Å². The Hall–Kier alpha value is -2.06. The van der Waals surface area contributed by atoms with Crippen LogP contribution in [0, 0.1) is 17.8 Å². The largest absolute Gasteiger partial charge is 0.411 e. The number of nitrogens with zero attached hydrogens (tertiary/aromatic N) is 3. The normalized spacial score (nSPS) is 28.8. The van der Waals surface area contributed by atoms with E-state index >= 15 is 0 Å². The van der Waals surface area contributed by atoms with Gasteiger partial charge in [-0.25, -0.2) is 4.98 Å². The molecule has 1 saturated heterocycles. The SMILES string of the molecule is CC(C)n1cnc(C(=O)N2CC3C(C2)C3C(=O)NC2(C(F)(F)F)CC2)c1. The molecule has 1 aromatic rings. The van der Waals surface area contributed by atoms with Crippen LogP contribution in [0.25, 0.3) is 0 Å². The maximum absolute atomic E-state index is 13.0. The second kappa shape index (κ2) is 5.47. The average molecular weight is 370 g/mol. The zero-order chi connectivity index (χ0) is 18.9. The first-order valence-electron chi connectivity index (χ1n) is 8.84. The van der Waals surface area contributed by atoms with Crippen LogP contribution in [0.2, 0.25) is 0 Å². The summed E-state index contributed by atoms with van der Waals surface area (Å²) in [5.41, 5.74) is -1.66. The van der Waals surface area contributed by atoms with Crippen molar-refractivity contribution in [2.75, 3.05) is 13.1 Å². The topological polar surface area (TPSA) is 67.2 Å². The fourth-order valence-corrected chi connectivity index (χ4v) is 3.90. The summed E-state index contributed by atoms with van der Waals surface area (Å²) < 4.78 is 40.7. The van der Waals surface area contributed by atoms with Crippen molar-refractivity contribution in [1.29, 1.82) is 0 Å². The second-order valence-electron chi connectivity index (χ2n) is 7.93. The highest BCUT2D eigenvalue weighted by Gasteiger charge is 2.67. The summed E-state index contributed by atoms with van der Waals surface area (Å²) in [6, 6.07) is 0.201. The van der Waals surface area contributed by atoms with E-state index in [1.807, 2.05) is 18.4 Å². The third-order valence-corrected chi connectivity index (χ3v) is 5.86. The van der Waals surface area contributed by atoms with Crippen LogP contribution in [-0.4, -0.2) is 51.1 Å². The number of hydrogen-bond acceptors (Lipinski definition) is 3. The molecule has 2 atom stereocenters. The maximum Gasteiger partial charge on any atom is 0.411 e. The third kappa shape index (κ3) is 2.68. The van der Waals surface area contributed by atoms with Crippen LogP contribution in [0.15, 0.2) is 12.5 Å². The molecule has 26 heavy (non-hydrogen) atoms. The molecule has 0 aromatic carbocycles. The molecule has 0 spiro atoms. The lowest BCUT2D eigenvalue weighted by Crippen LogP contribution is -2.49. The minimum absolute atomic E-state index is 0.0461. The number of hydrogen-bond donors (Lipinski definition) is 1. The molecular formula is C17H21F3N4O2. The van der Waals surface area contributed by atoms with Gasteiger partial charge in [-0.3, -0.25) is 9.59 Å². The van der Waals surface area contributed by atoms with E-state index in [-0.39, 0.29) is 36.6 Å². The number of fused-ring (bicyclic) bond motifs is 1. The van der Waals surface area contributed by atoms with Crippen molar-refractivity contribution in [3.05, 3.63) is 18.2 Å². The molecule has 1 aliphatic heterocycles. The van der Waals surface area contributed by atoms with E-state index in [9.17, 15) is 22.8 Å². The number of amides is 2. The van der Waals surface area contributed by atoms with Crippen LogP contribution in [0.3, 0.4) is 0 Å². The summed E-state index contributed by atoms with van der Waals surface area (Å²) in [5.74, 6) is -1.21. The lowest BCUT2D eigenvalue weighted by Gasteiger charge is -2.22. The highest BCUT2D eigenvalue weighted by Crippen LogP contribution is 2.54. The molecule has 4 rings (SSSR count). The molecule has 3 aliphatic rings. The van der Waals surface area contributed by atoms with E-state index < -0.39 is 23.5 Å². The Bertz CT molecular complexity index is 741. The van der Waals surface area contributed by atoms with Crippen LogP contribution >= 0.6 is 0 Å². The van der Waals surface area contributed by atoms with E-state index in [4.69, 9.17) is 0 Å². The number of carbonyl (C=O) groups excluding carboxylic acids is 2. The van der Waals surface area contributed by atoms with E-state index in [1.165, 1.54) is 0 Å². The number of imidazole rings is 1. The molecular weight excluding hydrogens is 349 g/mol. The Kier molecular flexibility index (Phi) is 3.65. The average Bonchev–Trinajstić information content (AvgIpc) is 3.34. The minimum Gasteiger partial charge on any atom is -0.342 e. The number of rotatable bonds is 4. The molecule has 1 aromatic heterocycles. The highest BCUT2D eigenvalue weighted by atomic mass is 19.4. The Morgan fingerprint density at radius 1 is 1.27 bits per heavy atom. The third-order valence-electron chi connectivity index (χ3n) is 5.86. The highest BCUT2D eigenvalue weighted by molar-refractivity contribution is 5.93. The predicted molar refractivity (Wildman–Crippen MR) is 85.1 cm³/mol.